The monoisotopic (exact) mass is 248 g/mol. The molecule has 0 aliphatic rings. The van der Waals surface area contributed by atoms with E-state index in [9.17, 15) is 18.0 Å². The van der Waals surface area contributed by atoms with E-state index in [0.717, 1.165) is 18.3 Å². The van der Waals surface area contributed by atoms with E-state index in [1.54, 1.807) is 6.92 Å². The van der Waals surface area contributed by atoms with Gasteiger partial charge in [0.15, 0.2) is 0 Å². The second-order valence-electron chi connectivity index (χ2n) is 3.57. The maximum absolute atomic E-state index is 12.4. The number of halogens is 3. The fourth-order valence-electron chi connectivity index (χ4n) is 1.25. The number of carboxylic acids is 1. The van der Waals surface area contributed by atoms with Crippen molar-refractivity contribution in [2.24, 2.45) is 0 Å². The van der Waals surface area contributed by atoms with E-state index >= 15 is 0 Å². The molecule has 0 saturated heterocycles. The average Bonchev–Trinajstić information content (AvgIpc) is 2.15. The zero-order valence-corrected chi connectivity index (χ0v) is 8.95. The Kier molecular flexibility index (Phi) is 3.93. The molecule has 0 aromatic carbocycles. The van der Waals surface area contributed by atoms with Gasteiger partial charge in [-0.2, -0.15) is 13.2 Å². The van der Waals surface area contributed by atoms with Crippen LogP contribution in [0.25, 0.3) is 0 Å². The third kappa shape index (κ3) is 4.29. The van der Waals surface area contributed by atoms with Gasteiger partial charge in [-0.1, -0.05) is 0 Å². The number of nitrogens with one attached hydrogen (secondary N) is 1. The summed E-state index contributed by atoms with van der Waals surface area (Å²) < 4.78 is 37.1. The molecule has 0 aliphatic carbocycles. The number of carboxylic acid groups (broad SMARTS) is 1. The van der Waals surface area contributed by atoms with E-state index in [4.69, 9.17) is 5.11 Å². The third-order valence-electron chi connectivity index (χ3n) is 1.96. The smallest absolute Gasteiger partial charge is 0.416 e. The lowest BCUT2D eigenvalue weighted by Crippen LogP contribution is -2.20. The molecular weight excluding hydrogens is 237 g/mol. The molecule has 4 nitrogen and oxygen atoms in total. The second-order valence-corrected chi connectivity index (χ2v) is 3.57. The van der Waals surface area contributed by atoms with Crippen molar-refractivity contribution in [2.45, 2.75) is 25.6 Å². The van der Waals surface area contributed by atoms with Gasteiger partial charge in [-0.25, -0.2) is 4.98 Å². The summed E-state index contributed by atoms with van der Waals surface area (Å²) >= 11 is 0. The maximum atomic E-state index is 12.4. The number of aliphatic carboxylic acids is 1. The van der Waals surface area contributed by atoms with Crippen molar-refractivity contribution >= 4 is 11.8 Å². The van der Waals surface area contributed by atoms with Crippen LogP contribution in [-0.2, 0) is 11.0 Å². The first kappa shape index (κ1) is 13.3. The van der Waals surface area contributed by atoms with Gasteiger partial charge in [-0.3, -0.25) is 4.79 Å². The van der Waals surface area contributed by atoms with Gasteiger partial charge in [-0.15, -0.1) is 0 Å². The molecule has 1 aromatic rings. The third-order valence-corrected chi connectivity index (χ3v) is 1.96. The standard InChI is InChI=1S/C10H11F3N2O2/c1-6(4-9(16)17)15-8-5-7(2-3-14-8)10(11,12)13/h2-3,5-6H,4H2,1H3,(H,14,15)(H,16,17). The van der Waals surface area contributed by atoms with E-state index < -0.39 is 23.8 Å². The fourth-order valence-corrected chi connectivity index (χ4v) is 1.25. The van der Waals surface area contributed by atoms with Crippen molar-refractivity contribution in [2.75, 3.05) is 5.32 Å². The van der Waals surface area contributed by atoms with Crippen LogP contribution in [-0.4, -0.2) is 22.1 Å². The normalized spacial score (nSPS) is 13.2. The molecule has 1 atom stereocenters. The number of hydrogen-bond acceptors (Lipinski definition) is 3. The lowest BCUT2D eigenvalue weighted by Gasteiger charge is -2.13. The first-order chi connectivity index (χ1) is 7.79. The zero-order chi connectivity index (χ0) is 13.1. The predicted octanol–water partition coefficient (Wildman–Crippen LogP) is 2.38. The molecule has 2 N–H and O–H groups in total. The molecule has 0 amide bonds. The summed E-state index contributed by atoms with van der Waals surface area (Å²) in [5.74, 6) is -1.02. The molecule has 94 valence electrons. The summed E-state index contributed by atoms with van der Waals surface area (Å²) in [4.78, 5) is 14.1. The predicted molar refractivity (Wildman–Crippen MR) is 54.6 cm³/mol. The molecule has 0 radical (unpaired) electrons. The Labute approximate surface area is 95.5 Å². The van der Waals surface area contributed by atoms with Crippen molar-refractivity contribution < 1.29 is 23.1 Å². The number of rotatable bonds is 4. The molecule has 1 aromatic heterocycles. The molecule has 17 heavy (non-hydrogen) atoms. The largest absolute Gasteiger partial charge is 0.481 e. The van der Waals surface area contributed by atoms with Crippen LogP contribution in [0, 0.1) is 0 Å². The van der Waals surface area contributed by atoms with Gasteiger partial charge in [0.2, 0.25) is 0 Å². The highest BCUT2D eigenvalue weighted by atomic mass is 19.4. The van der Waals surface area contributed by atoms with Crippen molar-refractivity contribution in [1.29, 1.82) is 0 Å². The number of hydrogen-bond donors (Lipinski definition) is 2. The average molecular weight is 248 g/mol. The van der Waals surface area contributed by atoms with E-state index in [0.29, 0.717) is 0 Å². The fraction of sp³-hybridized carbons (Fsp3) is 0.400. The van der Waals surface area contributed by atoms with E-state index in [2.05, 4.69) is 10.3 Å². The van der Waals surface area contributed by atoms with Crippen LogP contribution < -0.4 is 5.32 Å². The minimum absolute atomic E-state index is 0.00794. The van der Waals surface area contributed by atoms with E-state index in [1.807, 2.05) is 0 Å². The summed E-state index contributed by atoms with van der Waals surface area (Å²) in [5, 5.41) is 11.1. The number of pyridine rings is 1. The van der Waals surface area contributed by atoms with Gasteiger partial charge in [0, 0.05) is 12.2 Å². The highest BCUT2D eigenvalue weighted by Crippen LogP contribution is 2.29. The molecule has 0 fully saturated rings. The highest BCUT2D eigenvalue weighted by molar-refractivity contribution is 5.68. The second kappa shape index (κ2) is 5.03. The Morgan fingerprint density at radius 1 is 1.59 bits per heavy atom. The topological polar surface area (TPSA) is 62.2 Å². The zero-order valence-electron chi connectivity index (χ0n) is 8.95. The highest BCUT2D eigenvalue weighted by Gasteiger charge is 2.30. The SMILES string of the molecule is CC(CC(=O)O)Nc1cc(C(F)(F)F)ccn1. The maximum Gasteiger partial charge on any atom is 0.416 e. The number of carbonyl (C=O) groups is 1. The van der Waals surface area contributed by atoms with Crippen LogP contribution in [0.5, 0.6) is 0 Å². The summed E-state index contributed by atoms with van der Waals surface area (Å²) in [7, 11) is 0. The van der Waals surface area contributed by atoms with Gasteiger partial charge in [0.1, 0.15) is 5.82 Å². The molecule has 1 rings (SSSR count). The number of alkyl halides is 3. The molecule has 7 heteroatoms. The Morgan fingerprint density at radius 3 is 2.76 bits per heavy atom. The van der Waals surface area contributed by atoms with Crippen LogP contribution in [0.4, 0.5) is 19.0 Å². The minimum Gasteiger partial charge on any atom is -0.481 e. The summed E-state index contributed by atoms with van der Waals surface area (Å²) in [6.07, 6.45) is -3.61. The van der Waals surface area contributed by atoms with Gasteiger partial charge in [-0.05, 0) is 19.1 Å². The number of nitrogens with zero attached hydrogens (tertiary/aromatic N) is 1. The van der Waals surface area contributed by atoms with Crippen LogP contribution in [0.1, 0.15) is 18.9 Å². The Hall–Kier alpha value is -1.79. The minimum atomic E-state index is -4.44. The molecule has 0 aliphatic heterocycles. The van der Waals surface area contributed by atoms with Gasteiger partial charge >= 0.3 is 12.1 Å². The van der Waals surface area contributed by atoms with E-state index in [1.165, 1.54) is 0 Å². The molecular formula is C10H11F3N2O2. The Balaban J connectivity index is 2.76. The van der Waals surface area contributed by atoms with Crippen molar-refractivity contribution in [1.82, 2.24) is 4.98 Å². The van der Waals surface area contributed by atoms with Crippen molar-refractivity contribution in [3.63, 3.8) is 0 Å². The van der Waals surface area contributed by atoms with Crippen LogP contribution in [0.3, 0.4) is 0 Å². The van der Waals surface area contributed by atoms with Crippen molar-refractivity contribution in [3.8, 4) is 0 Å². The van der Waals surface area contributed by atoms with Gasteiger partial charge < -0.3 is 10.4 Å². The van der Waals surface area contributed by atoms with Crippen LogP contribution in [0.2, 0.25) is 0 Å². The van der Waals surface area contributed by atoms with E-state index in [-0.39, 0.29) is 12.2 Å². The molecule has 1 heterocycles. The molecule has 1 unspecified atom stereocenters. The first-order valence-corrected chi connectivity index (χ1v) is 4.80. The Morgan fingerprint density at radius 2 is 2.24 bits per heavy atom. The van der Waals surface area contributed by atoms with Crippen LogP contribution >= 0.6 is 0 Å². The summed E-state index contributed by atoms with van der Waals surface area (Å²) in [6.45, 7) is 1.55. The quantitative estimate of drug-likeness (QED) is 0.858. The first-order valence-electron chi connectivity index (χ1n) is 4.80. The number of aromatic nitrogens is 1. The lowest BCUT2D eigenvalue weighted by molar-refractivity contribution is -0.138. The molecule has 0 bridgehead atoms. The Bertz CT molecular complexity index is 407. The van der Waals surface area contributed by atoms with Gasteiger partial charge in [0.25, 0.3) is 0 Å². The number of anilines is 1. The molecule has 0 spiro atoms. The summed E-state index contributed by atoms with van der Waals surface area (Å²) in [5.41, 5.74) is -0.822. The summed E-state index contributed by atoms with van der Waals surface area (Å²) in [6, 6.07) is 1.20. The molecule has 0 saturated carbocycles. The van der Waals surface area contributed by atoms with Crippen LogP contribution in [0.15, 0.2) is 18.3 Å². The van der Waals surface area contributed by atoms with Crippen molar-refractivity contribution in [3.05, 3.63) is 23.9 Å². The van der Waals surface area contributed by atoms with Gasteiger partial charge in [0.05, 0.1) is 12.0 Å². The lowest BCUT2D eigenvalue weighted by atomic mass is 10.2.